The number of aliphatic hydroxyl groups is 1. The van der Waals surface area contributed by atoms with Crippen molar-refractivity contribution < 1.29 is 5.11 Å². The molecule has 0 radical (unpaired) electrons. The quantitative estimate of drug-likeness (QED) is 0.647. The van der Waals surface area contributed by atoms with Crippen molar-refractivity contribution in [2.24, 2.45) is 0 Å². The summed E-state index contributed by atoms with van der Waals surface area (Å²) in [5.74, 6) is 0. The third-order valence-corrected chi connectivity index (χ3v) is 2.59. The third-order valence-electron chi connectivity index (χ3n) is 2.59. The van der Waals surface area contributed by atoms with Gasteiger partial charge in [-0.1, -0.05) is 6.92 Å². The standard InChI is InChI=1S/C9H19NO/c1-3-7(2)10-8-5-4-6-9(8)11/h7-11H,3-6H2,1-2H3/t7?,8-,9-/m1/s1. The molecule has 1 aliphatic carbocycles. The Morgan fingerprint density at radius 3 is 2.73 bits per heavy atom. The van der Waals surface area contributed by atoms with Gasteiger partial charge in [0.15, 0.2) is 0 Å². The highest BCUT2D eigenvalue weighted by atomic mass is 16.3. The number of hydrogen-bond acceptors (Lipinski definition) is 2. The van der Waals surface area contributed by atoms with E-state index in [2.05, 4.69) is 19.2 Å². The van der Waals surface area contributed by atoms with E-state index in [1.165, 1.54) is 6.42 Å². The van der Waals surface area contributed by atoms with Gasteiger partial charge in [0.05, 0.1) is 6.10 Å². The molecule has 0 aromatic heterocycles. The van der Waals surface area contributed by atoms with Crippen molar-refractivity contribution >= 4 is 0 Å². The molecule has 0 amide bonds. The van der Waals surface area contributed by atoms with Gasteiger partial charge < -0.3 is 10.4 Å². The van der Waals surface area contributed by atoms with E-state index < -0.39 is 0 Å². The van der Waals surface area contributed by atoms with Crippen LogP contribution in [0.3, 0.4) is 0 Å². The van der Waals surface area contributed by atoms with E-state index in [1.807, 2.05) is 0 Å². The predicted molar refractivity (Wildman–Crippen MR) is 46.5 cm³/mol. The van der Waals surface area contributed by atoms with E-state index in [4.69, 9.17) is 0 Å². The maximum Gasteiger partial charge on any atom is 0.0693 e. The minimum Gasteiger partial charge on any atom is -0.392 e. The number of rotatable bonds is 3. The number of nitrogens with one attached hydrogen (secondary N) is 1. The first-order valence-electron chi connectivity index (χ1n) is 4.68. The van der Waals surface area contributed by atoms with Gasteiger partial charge in [-0.2, -0.15) is 0 Å². The van der Waals surface area contributed by atoms with Crippen LogP contribution in [0.5, 0.6) is 0 Å². The minimum atomic E-state index is -0.0935. The van der Waals surface area contributed by atoms with Gasteiger partial charge in [0.2, 0.25) is 0 Å². The van der Waals surface area contributed by atoms with E-state index in [0.29, 0.717) is 12.1 Å². The summed E-state index contributed by atoms with van der Waals surface area (Å²) in [6.45, 7) is 4.34. The summed E-state index contributed by atoms with van der Waals surface area (Å²) in [5.41, 5.74) is 0. The third kappa shape index (κ3) is 2.46. The van der Waals surface area contributed by atoms with Crippen LogP contribution in [0.1, 0.15) is 39.5 Å². The first kappa shape index (κ1) is 9.01. The van der Waals surface area contributed by atoms with Crippen LogP contribution in [0, 0.1) is 0 Å². The summed E-state index contributed by atoms with van der Waals surface area (Å²) in [6.07, 6.45) is 4.35. The first-order valence-corrected chi connectivity index (χ1v) is 4.68. The average molecular weight is 157 g/mol. The van der Waals surface area contributed by atoms with Crippen LogP contribution in [0.4, 0.5) is 0 Å². The molecule has 11 heavy (non-hydrogen) atoms. The van der Waals surface area contributed by atoms with Crippen LogP contribution in [0.15, 0.2) is 0 Å². The fraction of sp³-hybridized carbons (Fsp3) is 1.00. The van der Waals surface area contributed by atoms with Crippen molar-refractivity contribution in [2.75, 3.05) is 0 Å². The first-order chi connectivity index (χ1) is 5.24. The molecule has 3 atom stereocenters. The topological polar surface area (TPSA) is 32.3 Å². The molecule has 0 aromatic carbocycles. The number of hydrogen-bond donors (Lipinski definition) is 2. The summed E-state index contributed by atoms with van der Waals surface area (Å²) in [5, 5.41) is 12.9. The summed E-state index contributed by atoms with van der Waals surface area (Å²) in [7, 11) is 0. The van der Waals surface area contributed by atoms with Crippen molar-refractivity contribution in [2.45, 2.75) is 57.7 Å². The molecule has 1 saturated carbocycles. The van der Waals surface area contributed by atoms with E-state index in [0.717, 1.165) is 19.3 Å². The fourth-order valence-electron chi connectivity index (χ4n) is 1.62. The van der Waals surface area contributed by atoms with Gasteiger partial charge in [-0.05, 0) is 32.6 Å². The van der Waals surface area contributed by atoms with Gasteiger partial charge in [0, 0.05) is 12.1 Å². The van der Waals surface area contributed by atoms with Crippen molar-refractivity contribution in [1.82, 2.24) is 5.32 Å². The highest BCUT2D eigenvalue weighted by Gasteiger charge is 2.25. The molecule has 0 heterocycles. The van der Waals surface area contributed by atoms with Crippen molar-refractivity contribution in [1.29, 1.82) is 0 Å². The van der Waals surface area contributed by atoms with E-state index in [1.54, 1.807) is 0 Å². The lowest BCUT2D eigenvalue weighted by molar-refractivity contribution is 0.143. The zero-order valence-electron chi connectivity index (χ0n) is 7.51. The Bertz CT molecular complexity index is 116. The zero-order valence-corrected chi connectivity index (χ0v) is 7.51. The lowest BCUT2D eigenvalue weighted by Crippen LogP contribution is -2.40. The molecule has 1 aliphatic rings. The fourth-order valence-corrected chi connectivity index (χ4v) is 1.62. The smallest absolute Gasteiger partial charge is 0.0693 e. The van der Waals surface area contributed by atoms with Gasteiger partial charge >= 0.3 is 0 Å². The molecule has 2 nitrogen and oxygen atoms in total. The number of aliphatic hydroxyl groups excluding tert-OH is 1. The molecule has 0 aliphatic heterocycles. The van der Waals surface area contributed by atoms with Crippen LogP contribution >= 0.6 is 0 Å². The average Bonchev–Trinajstić information content (AvgIpc) is 2.37. The lowest BCUT2D eigenvalue weighted by Gasteiger charge is -2.20. The molecule has 1 fully saturated rings. The Balaban J connectivity index is 2.24. The second-order valence-corrected chi connectivity index (χ2v) is 3.58. The molecule has 1 unspecified atom stereocenters. The second-order valence-electron chi connectivity index (χ2n) is 3.58. The van der Waals surface area contributed by atoms with Crippen molar-refractivity contribution in [3.05, 3.63) is 0 Å². The van der Waals surface area contributed by atoms with Gasteiger partial charge in [0.1, 0.15) is 0 Å². The molecule has 0 saturated heterocycles. The highest BCUT2D eigenvalue weighted by molar-refractivity contribution is 4.83. The molecule has 0 spiro atoms. The van der Waals surface area contributed by atoms with Gasteiger partial charge in [0.25, 0.3) is 0 Å². The van der Waals surface area contributed by atoms with Gasteiger partial charge in [-0.15, -0.1) is 0 Å². The summed E-state index contributed by atoms with van der Waals surface area (Å²) in [4.78, 5) is 0. The lowest BCUT2D eigenvalue weighted by atomic mass is 10.1. The van der Waals surface area contributed by atoms with Crippen LogP contribution in [-0.4, -0.2) is 23.3 Å². The summed E-state index contributed by atoms with van der Waals surface area (Å²) in [6, 6.07) is 0.915. The predicted octanol–water partition coefficient (Wildman–Crippen LogP) is 1.29. The van der Waals surface area contributed by atoms with Crippen LogP contribution in [-0.2, 0) is 0 Å². The maximum absolute atomic E-state index is 9.47. The normalized spacial score (nSPS) is 34.1. The van der Waals surface area contributed by atoms with Crippen molar-refractivity contribution in [3.63, 3.8) is 0 Å². The van der Waals surface area contributed by atoms with Crippen LogP contribution in [0.25, 0.3) is 0 Å². The van der Waals surface area contributed by atoms with Crippen molar-refractivity contribution in [3.8, 4) is 0 Å². The Morgan fingerprint density at radius 2 is 2.27 bits per heavy atom. The monoisotopic (exact) mass is 157 g/mol. The molecular formula is C9H19NO. The molecule has 0 aromatic rings. The Hall–Kier alpha value is -0.0800. The minimum absolute atomic E-state index is 0.0935. The Labute approximate surface area is 69.0 Å². The van der Waals surface area contributed by atoms with E-state index in [-0.39, 0.29) is 6.10 Å². The summed E-state index contributed by atoms with van der Waals surface area (Å²) >= 11 is 0. The molecular weight excluding hydrogens is 138 g/mol. The molecule has 1 rings (SSSR count). The largest absolute Gasteiger partial charge is 0.392 e. The van der Waals surface area contributed by atoms with Crippen LogP contribution < -0.4 is 5.32 Å². The zero-order chi connectivity index (χ0) is 8.27. The summed E-state index contributed by atoms with van der Waals surface area (Å²) < 4.78 is 0. The Morgan fingerprint density at radius 1 is 1.55 bits per heavy atom. The highest BCUT2D eigenvalue weighted by Crippen LogP contribution is 2.19. The molecule has 2 heteroatoms. The van der Waals surface area contributed by atoms with E-state index >= 15 is 0 Å². The van der Waals surface area contributed by atoms with Crippen LogP contribution in [0.2, 0.25) is 0 Å². The second kappa shape index (κ2) is 4.07. The Kier molecular flexibility index (Phi) is 3.34. The molecule has 66 valence electrons. The maximum atomic E-state index is 9.47. The van der Waals surface area contributed by atoms with Gasteiger partial charge in [-0.3, -0.25) is 0 Å². The SMILES string of the molecule is CCC(C)N[C@@H]1CCC[C@H]1O. The van der Waals surface area contributed by atoms with E-state index in [9.17, 15) is 5.11 Å². The molecule has 0 bridgehead atoms. The molecule has 2 N–H and O–H groups in total. The van der Waals surface area contributed by atoms with Gasteiger partial charge in [-0.25, -0.2) is 0 Å².